The lowest BCUT2D eigenvalue weighted by atomic mass is 9.69. The Morgan fingerprint density at radius 3 is 2.42 bits per heavy atom. The van der Waals surface area contributed by atoms with E-state index in [4.69, 9.17) is 0 Å². The van der Waals surface area contributed by atoms with Gasteiger partial charge < -0.3 is 0 Å². The van der Waals surface area contributed by atoms with Gasteiger partial charge in [-0.3, -0.25) is 0 Å². The Morgan fingerprint density at radius 2 is 1.51 bits per heavy atom. The lowest BCUT2D eigenvalue weighted by molar-refractivity contribution is 0.312. The molecule has 5 aliphatic rings. The van der Waals surface area contributed by atoms with E-state index in [0.717, 1.165) is 31.6 Å². The first-order chi connectivity index (χ1) is 22.2. The van der Waals surface area contributed by atoms with Crippen LogP contribution in [0, 0.1) is 17.8 Å². The number of hydrogen-bond acceptors (Lipinski definition) is 0. The van der Waals surface area contributed by atoms with Crippen LogP contribution in [0.15, 0.2) is 119 Å². The molecule has 4 aromatic rings. The summed E-state index contributed by atoms with van der Waals surface area (Å²) in [4.78, 5) is 0. The predicted octanol–water partition coefficient (Wildman–Crippen LogP) is 10.8. The molecule has 3 unspecified atom stereocenters. The highest BCUT2D eigenvalue weighted by molar-refractivity contribution is 6.09. The van der Waals surface area contributed by atoms with Gasteiger partial charge in [0, 0.05) is 0 Å². The zero-order chi connectivity index (χ0) is 29.9. The normalized spacial score (nSPS) is 24.1. The molecule has 0 aromatic heterocycles. The minimum atomic E-state index is 0.577. The van der Waals surface area contributed by atoms with Gasteiger partial charge in [0.1, 0.15) is 0 Å². The number of allylic oxidation sites excluding steroid dienone is 10. The first-order valence-corrected chi connectivity index (χ1v) is 17.4. The van der Waals surface area contributed by atoms with Crippen LogP contribution < -0.4 is 10.4 Å². The molecular formula is C45H42. The van der Waals surface area contributed by atoms with Crippen molar-refractivity contribution in [3.8, 4) is 11.1 Å². The van der Waals surface area contributed by atoms with Gasteiger partial charge in [-0.05, 0) is 153 Å². The zero-order valence-electron chi connectivity index (χ0n) is 26.5. The van der Waals surface area contributed by atoms with Gasteiger partial charge in [0.25, 0.3) is 0 Å². The van der Waals surface area contributed by atoms with E-state index in [2.05, 4.69) is 116 Å². The van der Waals surface area contributed by atoms with E-state index < -0.39 is 0 Å². The van der Waals surface area contributed by atoms with Crippen molar-refractivity contribution in [3.05, 3.63) is 135 Å². The largest absolute Gasteiger partial charge is 0.0836 e. The van der Waals surface area contributed by atoms with Crippen LogP contribution in [0.25, 0.3) is 50.4 Å². The second-order valence-corrected chi connectivity index (χ2v) is 14.2. The zero-order valence-corrected chi connectivity index (χ0v) is 26.5. The quantitative estimate of drug-likeness (QED) is 0.225. The summed E-state index contributed by atoms with van der Waals surface area (Å²) >= 11 is 0. The Bertz CT molecular complexity index is 2150. The second-order valence-electron chi connectivity index (χ2n) is 14.2. The molecule has 222 valence electrons. The summed E-state index contributed by atoms with van der Waals surface area (Å²) in [6.07, 6.45) is 28.8. The van der Waals surface area contributed by atoms with Crippen molar-refractivity contribution in [1.29, 1.82) is 0 Å². The molecule has 9 rings (SSSR count). The van der Waals surface area contributed by atoms with Gasteiger partial charge in [0.05, 0.1) is 0 Å². The summed E-state index contributed by atoms with van der Waals surface area (Å²) in [7, 11) is 0. The van der Waals surface area contributed by atoms with Crippen molar-refractivity contribution >= 4 is 39.3 Å². The first kappa shape index (κ1) is 27.2. The van der Waals surface area contributed by atoms with Crippen LogP contribution in [0.5, 0.6) is 0 Å². The van der Waals surface area contributed by atoms with E-state index in [9.17, 15) is 0 Å². The topological polar surface area (TPSA) is 0 Å². The van der Waals surface area contributed by atoms with Crippen molar-refractivity contribution < 1.29 is 0 Å². The van der Waals surface area contributed by atoms with Gasteiger partial charge >= 0.3 is 0 Å². The molecule has 3 atom stereocenters. The number of benzene rings is 4. The van der Waals surface area contributed by atoms with Crippen molar-refractivity contribution in [2.45, 2.75) is 64.7 Å². The van der Waals surface area contributed by atoms with Gasteiger partial charge in [-0.1, -0.05) is 115 Å². The Morgan fingerprint density at radius 1 is 0.689 bits per heavy atom. The average Bonchev–Trinajstić information content (AvgIpc) is 3.10. The van der Waals surface area contributed by atoms with Crippen molar-refractivity contribution in [2.24, 2.45) is 17.8 Å². The molecule has 45 heavy (non-hydrogen) atoms. The number of hydrogen-bond donors (Lipinski definition) is 0. The number of fused-ring (bicyclic) bond motifs is 5. The summed E-state index contributed by atoms with van der Waals surface area (Å²) in [6, 6.07) is 25.2. The second kappa shape index (κ2) is 11.0. The maximum atomic E-state index is 2.76. The summed E-state index contributed by atoms with van der Waals surface area (Å²) in [5, 5.41) is 8.44. The van der Waals surface area contributed by atoms with Crippen LogP contribution in [-0.2, 0) is 0 Å². The molecule has 0 saturated heterocycles. The highest BCUT2D eigenvalue weighted by atomic mass is 14.4. The monoisotopic (exact) mass is 582 g/mol. The van der Waals surface area contributed by atoms with Crippen LogP contribution >= 0.6 is 0 Å². The smallest absolute Gasteiger partial charge is 0.00235 e. The van der Waals surface area contributed by atoms with Gasteiger partial charge in [-0.2, -0.15) is 0 Å². The van der Waals surface area contributed by atoms with Crippen LogP contribution in [0.3, 0.4) is 0 Å². The van der Waals surface area contributed by atoms with Crippen molar-refractivity contribution in [1.82, 2.24) is 0 Å². The molecule has 0 aliphatic heterocycles. The fraction of sp³-hybridized carbons (Fsp3) is 0.289. The minimum Gasteiger partial charge on any atom is -0.0836 e. The first-order valence-electron chi connectivity index (χ1n) is 17.4. The molecule has 0 saturated carbocycles. The summed E-state index contributed by atoms with van der Waals surface area (Å²) in [5.74, 6) is 2.03. The summed E-state index contributed by atoms with van der Waals surface area (Å²) in [5.41, 5.74) is 12.1. The van der Waals surface area contributed by atoms with E-state index in [1.54, 1.807) is 22.3 Å². The maximum absolute atomic E-state index is 2.76. The maximum Gasteiger partial charge on any atom is -0.00235 e. The minimum absolute atomic E-state index is 0.577. The van der Waals surface area contributed by atoms with E-state index in [1.807, 2.05) is 0 Å². The Balaban J connectivity index is 1.33. The van der Waals surface area contributed by atoms with E-state index >= 15 is 0 Å². The average molecular weight is 583 g/mol. The lowest BCUT2D eigenvalue weighted by Gasteiger charge is -2.36. The third-order valence-electron chi connectivity index (χ3n) is 11.6. The third kappa shape index (κ3) is 4.56. The number of rotatable bonds is 3. The SMILES string of the molecule is CC1=CC2=CCC(C3C=c4c(C5=C6C=CCCC6=CCC5)c5ccccc5c(-c5cccc6ccccc56)c4=CC3)CC2CC1. The molecule has 0 spiro atoms. The fourth-order valence-electron chi connectivity index (χ4n) is 9.38. The lowest BCUT2D eigenvalue weighted by Crippen LogP contribution is -2.37. The third-order valence-corrected chi connectivity index (χ3v) is 11.6. The van der Waals surface area contributed by atoms with Crippen LogP contribution in [0.2, 0.25) is 0 Å². The van der Waals surface area contributed by atoms with Gasteiger partial charge in [0.2, 0.25) is 0 Å². The van der Waals surface area contributed by atoms with E-state index in [-0.39, 0.29) is 0 Å². The van der Waals surface area contributed by atoms with E-state index in [0.29, 0.717) is 11.8 Å². The molecule has 0 radical (unpaired) electrons. The Hall–Kier alpha value is -4.16. The predicted molar refractivity (Wildman–Crippen MR) is 193 cm³/mol. The molecule has 0 heterocycles. The molecule has 0 fully saturated rings. The van der Waals surface area contributed by atoms with Crippen molar-refractivity contribution in [2.75, 3.05) is 0 Å². The van der Waals surface area contributed by atoms with Crippen LogP contribution in [0.1, 0.15) is 70.3 Å². The highest BCUT2D eigenvalue weighted by Crippen LogP contribution is 2.44. The standard InChI is InChI=1S/C45H42/c1-29-20-21-33-27-34(23-22-32(33)26-29)35-24-25-42-43(28-35)45(39-19-9-13-31-11-3-5-15-37(31)39)41-17-7-6-16-40(41)44(42)38-18-8-12-30-10-2-4-14-36(30)38/h2,4-8,10,12-18,22,25-26,28,33-35H,3,9,11,19-21,23-24,27H2,1H3. The molecular weight excluding hydrogens is 540 g/mol. The molecule has 0 amide bonds. The van der Waals surface area contributed by atoms with Crippen LogP contribution in [0.4, 0.5) is 0 Å². The Kier molecular flexibility index (Phi) is 6.66. The Labute approximate surface area is 267 Å². The summed E-state index contributed by atoms with van der Waals surface area (Å²) in [6.45, 7) is 2.31. The van der Waals surface area contributed by atoms with E-state index in [1.165, 1.54) is 86.3 Å². The fourth-order valence-corrected chi connectivity index (χ4v) is 9.38. The molecule has 0 nitrogen and oxygen atoms in total. The molecule has 5 aliphatic carbocycles. The molecule has 0 heteroatoms. The molecule has 0 bridgehead atoms. The van der Waals surface area contributed by atoms with Gasteiger partial charge in [-0.15, -0.1) is 0 Å². The molecule has 0 N–H and O–H groups in total. The molecule has 4 aromatic carbocycles. The van der Waals surface area contributed by atoms with Gasteiger partial charge in [0.15, 0.2) is 0 Å². The van der Waals surface area contributed by atoms with Gasteiger partial charge in [-0.25, -0.2) is 0 Å². The van der Waals surface area contributed by atoms with Crippen molar-refractivity contribution in [3.63, 3.8) is 0 Å². The van der Waals surface area contributed by atoms with Crippen LogP contribution in [-0.4, -0.2) is 0 Å². The summed E-state index contributed by atoms with van der Waals surface area (Å²) < 4.78 is 0. The highest BCUT2D eigenvalue weighted by Gasteiger charge is 2.31.